The Labute approximate surface area is 92.7 Å². The summed E-state index contributed by atoms with van der Waals surface area (Å²) in [7, 11) is 0. The molecule has 1 aromatic carbocycles. The molecule has 0 unspecified atom stereocenters. The lowest BCUT2D eigenvalue weighted by Crippen LogP contribution is -2.21. The molecule has 0 heterocycles. The van der Waals surface area contributed by atoms with Crippen LogP contribution in [0.3, 0.4) is 0 Å². The minimum Gasteiger partial charge on any atom is -0.449 e. The molecule has 0 radical (unpaired) electrons. The molecule has 3 nitrogen and oxygen atoms in total. The fraction of sp³-hybridized carbons (Fsp3) is 0.364. The summed E-state index contributed by atoms with van der Waals surface area (Å²) in [4.78, 5) is 10.3. The standard InChI is InChI=1S/C11H12O3S/c1-11(15-14-10(12)13)6-8-4-2-3-5-9(8)7-11/h2-5H,6-7H2,1H3,(H,12,13). The first-order valence-electron chi connectivity index (χ1n) is 4.74. The fourth-order valence-electron chi connectivity index (χ4n) is 1.97. The van der Waals surface area contributed by atoms with Crippen molar-refractivity contribution in [2.24, 2.45) is 0 Å². The van der Waals surface area contributed by atoms with E-state index in [1.807, 2.05) is 19.1 Å². The van der Waals surface area contributed by atoms with Crippen LogP contribution in [0.25, 0.3) is 0 Å². The quantitative estimate of drug-likeness (QED) is 0.785. The molecule has 0 atom stereocenters. The van der Waals surface area contributed by atoms with Gasteiger partial charge >= 0.3 is 6.16 Å². The molecule has 0 fully saturated rings. The summed E-state index contributed by atoms with van der Waals surface area (Å²) in [6, 6.07) is 8.18. The predicted molar refractivity (Wildman–Crippen MR) is 59.0 cm³/mol. The molecule has 1 N–H and O–H groups in total. The van der Waals surface area contributed by atoms with Gasteiger partial charge in [0.1, 0.15) is 0 Å². The maximum atomic E-state index is 10.3. The topological polar surface area (TPSA) is 46.5 Å². The fourth-order valence-corrected chi connectivity index (χ4v) is 2.67. The van der Waals surface area contributed by atoms with E-state index in [-0.39, 0.29) is 4.75 Å². The Morgan fingerprint density at radius 1 is 1.40 bits per heavy atom. The summed E-state index contributed by atoms with van der Waals surface area (Å²) in [5.41, 5.74) is 2.59. The normalized spacial score (nSPS) is 17.1. The van der Waals surface area contributed by atoms with Gasteiger partial charge in [-0.3, -0.25) is 0 Å². The maximum Gasteiger partial charge on any atom is 0.518 e. The van der Waals surface area contributed by atoms with E-state index in [9.17, 15) is 4.79 Å². The van der Waals surface area contributed by atoms with Gasteiger partial charge in [-0.1, -0.05) is 24.3 Å². The first-order chi connectivity index (χ1) is 7.09. The summed E-state index contributed by atoms with van der Waals surface area (Å²) in [6.45, 7) is 2.03. The second-order valence-electron chi connectivity index (χ2n) is 4.00. The molecule has 80 valence electrons. The van der Waals surface area contributed by atoms with Crippen LogP contribution in [0.1, 0.15) is 18.1 Å². The first kappa shape index (κ1) is 10.4. The van der Waals surface area contributed by atoms with Crippen molar-refractivity contribution in [3.05, 3.63) is 35.4 Å². The van der Waals surface area contributed by atoms with E-state index in [0.29, 0.717) is 0 Å². The molecule has 0 aliphatic heterocycles. The lowest BCUT2D eigenvalue weighted by Gasteiger charge is -2.19. The second-order valence-corrected chi connectivity index (χ2v) is 5.32. The van der Waals surface area contributed by atoms with E-state index in [1.165, 1.54) is 11.1 Å². The van der Waals surface area contributed by atoms with E-state index in [4.69, 9.17) is 5.11 Å². The van der Waals surface area contributed by atoms with E-state index in [0.717, 1.165) is 24.9 Å². The minimum atomic E-state index is -1.22. The van der Waals surface area contributed by atoms with E-state index in [2.05, 4.69) is 16.3 Å². The second kappa shape index (κ2) is 3.77. The van der Waals surface area contributed by atoms with Crippen LogP contribution in [0, 0.1) is 0 Å². The average molecular weight is 224 g/mol. The van der Waals surface area contributed by atoms with Gasteiger partial charge in [0, 0.05) is 0 Å². The third kappa shape index (κ3) is 2.26. The smallest absolute Gasteiger partial charge is 0.449 e. The maximum absolute atomic E-state index is 10.3. The Hall–Kier alpha value is -1.16. The summed E-state index contributed by atoms with van der Waals surface area (Å²) >= 11 is 1.05. The zero-order valence-corrected chi connectivity index (χ0v) is 9.21. The van der Waals surface area contributed by atoms with Crippen molar-refractivity contribution in [1.29, 1.82) is 0 Å². The molecule has 0 bridgehead atoms. The number of hydrogen-bond acceptors (Lipinski definition) is 3. The summed E-state index contributed by atoms with van der Waals surface area (Å²) in [5, 5.41) is 8.46. The molecular formula is C11H12O3S. The van der Waals surface area contributed by atoms with Crippen LogP contribution >= 0.6 is 12.0 Å². The van der Waals surface area contributed by atoms with Crippen molar-refractivity contribution in [2.45, 2.75) is 24.5 Å². The molecule has 0 aromatic heterocycles. The molecule has 4 heteroatoms. The van der Waals surface area contributed by atoms with Crippen molar-refractivity contribution in [2.75, 3.05) is 0 Å². The monoisotopic (exact) mass is 224 g/mol. The minimum absolute atomic E-state index is 0.151. The number of rotatable bonds is 2. The molecule has 0 spiro atoms. The highest BCUT2D eigenvalue weighted by Crippen LogP contribution is 2.40. The molecule has 0 amide bonds. The molecule has 1 aliphatic rings. The average Bonchev–Trinajstić information content (AvgIpc) is 2.52. The Kier molecular flexibility index (Phi) is 2.61. The zero-order chi connectivity index (χ0) is 10.9. The number of hydrogen-bond donors (Lipinski definition) is 1. The van der Waals surface area contributed by atoms with Gasteiger partial charge in [0.2, 0.25) is 0 Å². The van der Waals surface area contributed by atoms with Crippen LogP contribution in [-0.4, -0.2) is 16.0 Å². The van der Waals surface area contributed by atoms with Crippen molar-refractivity contribution in [3.8, 4) is 0 Å². The highest BCUT2D eigenvalue weighted by Gasteiger charge is 2.35. The highest BCUT2D eigenvalue weighted by molar-refractivity contribution is 7.96. The summed E-state index contributed by atoms with van der Waals surface area (Å²) in [5.74, 6) is 0. The SMILES string of the molecule is CC1(SOC(=O)O)Cc2ccccc2C1. The lowest BCUT2D eigenvalue weighted by atomic mass is 10.1. The van der Waals surface area contributed by atoms with Gasteiger partial charge in [0.25, 0.3) is 0 Å². The van der Waals surface area contributed by atoms with Gasteiger partial charge in [-0.2, -0.15) is 0 Å². The molecule has 0 saturated carbocycles. The zero-order valence-electron chi connectivity index (χ0n) is 8.40. The summed E-state index contributed by atoms with van der Waals surface area (Å²) < 4.78 is 4.44. The Morgan fingerprint density at radius 3 is 2.40 bits per heavy atom. The van der Waals surface area contributed by atoms with Crippen LogP contribution in [0.2, 0.25) is 0 Å². The highest BCUT2D eigenvalue weighted by atomic mass is 32.2. The van der Waals surface area contributed by atoms with Crippen LogP contribution < -0.4 is 0 Å². The molecular weight excluding hydrogens is 212 g/mol. The Morgan fingerprint density at radius 2 is 1.93 bits per heavy atom. The van der Waals surface area contributed by atoms with Crippen molar-refractivity contribution < 1.29 is 14.1 Å². The van der Waals surface area contributed by atoms with E-state index >= 15 is 0 Å². The van der Waals surface area contributed by atoms with Crippen molar-refractivity contribution in [3.63, 3.8) is 0 Å². The van der Waals surface area contributed by atoms with Gasteiger partial charge in [-0.25, -0.2) is 4.79 Å². The molecule has 2 rings (SSSR count). The first-order valence-corrected chi connectivity index (χ1v) is 5.49. The van der Waals surface area contributed by atoms with Crippen molar-refractivity contribution >= 4 is 18.2 Å². The number of benzene rings is 1. The number of carbonyl (C=O) groups is 1. The Bertz CT molecular complexity index is 364. The van der Waals surface area contributed by atoms with Crippen molar-refractivity contribution in [1.82, 2.24) is 0 Å². The van der Waals surface area contributed by atoms with Gasteiger partial charge in [-0.15, -0.1) is 0 Å². The number of carboxylic acid groups (broad SMARTS) is 1. The van der Waals surface area contributed by atoms with E-state index < -0.39 is 6.16 Å². The molecule has 0 saturated heterocycles. The largest absolute Gasteiger partial charge is 0.518 e. The molecule has 1 aromatic rings. The Balaban J connectivity index is 2.07. The third-order valence-electron chi connectivity index (χ3n) is 2.56. The lowest BCUT2D eigenvalue weighted by molar-refractivity contribution is 0.152. The van der Waals surface area contributed by atoms with Gasteiger partial charge < -0.3 is 9.29 Å². The third-order valence-corrected chi connectivity index (χ3v) is 3.48. The predicted octanol–water partition coefficient (Wildman–Crippen LogP) is 2.89. The van der Waals surface area contributed by atoms with E-state index in [1.54, 1.807) is 0 Å². The molecule has 1 aliphatic carbocycles. The van der Waals surface area contributed by atoms with Gasteiger partial charge in [-0.05, 0) is 30.9 Å². The summed E-state index contributed by atoms with van der Waals surface area (Å²) in [6.07, 6.45) is 0.500. The van der Waals surface area contributed by atoms with Crippen LogP contribution in [0.5, 0.6) is 0 Å². The van der Waals surface area contributed by atoms with Crippen LogP contribution in [-0.2, 0) is 17.0 Å². The van der Waals surface area contributed by atoms with Gasteiger partial charge in [0.05, 0.1) is 16.8 Å². The van der Waals surface area contributed by atoms with Crippen LogP contribution in [0.4, 0.5) is 4.79 Å². The number of fused-ring (bicyclic) bond motifs is 1. The molecule has 15 heavy (non-hydrogen) atoms. The van der Waals surface area contributed by atoms with Gasteiger partial charge in [0.15, 0.2) is 0 Å². The van der Waals surface area contributed by atoms with Crippen LogP contribution in [0.15, 0.2) is 24.3 Å².